The molecule has 9 heteroatoms. The van der Waals surface area contributed by atoms with Crippen LogP contribution in [-0.4, -0.2) is 63.4 Å². The molecular weight excluding hydrogens is 286 g/mol. The van der Waals surface area contributed by atoms with Crippen LogP contribution in [0.5, 0.6) is 0 Å². The molecule has 2 aromatic heterocycles. The summed E-state index contributed by atoms with van der Waals surface area (Å²) in [5, 5.41) is 17.1. The number of carbonyl (C=O) groups is 1. The highest BCUT2D eigenvalue weighted by Gasteiger charge is 2.26. The third-order valence-electron chi connectivity index (χ3n) is 3.64. The van der Waals surface area contributed by atoms with Crippen LogP contribution in [-0.2, 0) is 4.74 Å². The van der Waals surface area contributed by atoms with Crippen LogP contribution in [0.2, 0.25) is 0 Å². The molecule has 0 saturated carbocycles. The molecular formula is C13H17N7O2. The first-order valence-electron chi connectivity index (χ1n) is 7.01. The number of amides is 1. The Kier molecular flexibility index (Phi) is 4.35. The normalized spacial score (nSPS) is 21.5. The number of hydrogen-bond donors (Lipinski definition) is 2. The van der Waals surface area contributed by atoms with Gasteiger partial charge in [0, 0.05) is 13.7 Å². The van der Waals surface area contributed by atoms with Crippen LogP contribution in [0, 0.1) is 0 Å². The molecule has 2 unspecified atom stereocenters. The molecule has 0 aromatic carbocycles. The minimum atomic E-state index is -0.211. The van der Waals surface area contributed by atoms with E-state index in [0.717, 1.165) is 19.5 Å². The van der Waals surface area contributed by atoms with E-state index in [1.807, 2.05) is 0 Å². The zero-order chi connectivity index (χ0) is 15.4. The predicted molar refractivity (Wildman–Crippen MR) is 76.5 cm³/mol. The van der Waals surface area contributed by atoms with Gasteiger partial charge in [-0.3, -0.25) is 4.79 Å². The quantitative estimate of drug-likeness (QED) is 0.758. The van der Waals surface area contributed by atoms with E-state index in [1.165, 1.54) is 11.0 Å². The van der Waals surface area contributed by atoms with Crippen LogP contribution in [0.4, 0.5) is 0 Å². The lowest BCUT2D eigenvalue weighted by Crippen LogP contribution is -2.53. The largest absolute Gasteiger partial charge is 0.378 e. The maximum atomic E-state index is 12.3. The molecule has 9 nitrogen and oxygen atoms in total. The van der Waals surface area contributed by atoms with Crippen LogP contribution >= 0.6 is 0 Å². The van der Waals surface area contributed by atoms with Gasteiger partial charge in [0.1, 0.15) is 12.0 Å². The molecule has 1 aliphatic heterocycles. The number of methoxy groups -OCH3 is 1. The van der Waals surface area contributed by atoms with Gasteiger partial charge >= 0.3 is 0 Å². The maximum absolute atomic E-state index is 12.3. The Morgan fingerprint density at radius 3 is 3.09 bits per heavy atom. The molecule has 1 amide bonds. The highest BCUT2D eigenvalue weighted by Crippen LogP contribution is 2.09. The van der Waals surface area contributed by atoms with E-state index < -0.39 is 0 Å². The summed E-state index contributed by atoms with van der Waals surface area (Å²) < 4.78 is 6.86. The third kappa shape index (κ3) is 3.10. The lowest BCUT2D eigenvalue weighted by molar-refractivity contribution is 0.0475. The first-order chi connectivity index (χ1) is 10.8. The number of carbonyl (C=O) groups excluding carboxylic acids is 1. The van der Waals surface area contributed by atoms with Gasteiger partial charge in [-0.15, -0.1) is 5.10 Å². The standard InChI is InChI=1S/C13H17N7O2/c1-22-12-7-14-5-4-10(12)17-13(21)11-3-2-9(6-15-11)20-8-16-18-19-20/h2-3,6,8,10,12,14H,4-5,7H2,1H3,(H,17,21). The molecule has 1 aliphatic rings. The highest BCUT2D eigenvalue weighted by molar-refractivity contribution is 5.92. The summed E-state index contributed by atoms with van der Waals surface area (Å²) in [6, 6.07) is 3.38. The van der Waals surface area contributed by atoms with Gasteiger partial charge in [0.05, 0.1) is 24.0 Å². The van der Waals surface area contributed by atoms with E-state index in [1.54, 1.807) is 25.4 Å². The first kappa shape index (κ1) is 14.5. The Hall–Kier alpha value is -2.39. The van der Waals surface area contributed by atoms with Crippen LogP contribution in [0.1, 0.15) is 16.9 Å². The number of ether oxygens (including phenoxy) is 1. The molecule has 116 valence electrons. The number of nitrogens with one attached hydrogen (secondary N) is 2. The Bertz CT molecular complexity index is 614. The zero-order valence-corrected chi connectivity index (χ0v) is 12.1. The minimum absolute atomic E-state index is 0.0141. The zero-order valence-electron chi connectivity index (χ0n) is 12.1. The van der Waals surface area contributed by atoms with Gasteiger partial charge in [0.25, 0.3) is 5.91 Å². The second kappa shape index (κ2) is 6.58. The molecule has 3 rings (SSSR count). The van der Waals surface area contributed by atoms with Crippen LogP contribution in [0.25, 0.3) is 5.69 Å². The number of nitrogens with zero attached hydrogens (tertiary/aromatic N) is 5. The number of aromatic nitrogens is 5. The van der Waals surface area contributed by atoms with Gasteiger partial charge in [0.15, 0.2) is 0 Å². The molecule has 0 spiro atoms. The number of pyridine rings is 1. The van der Waals surface area contributed by atoms with Crippen molar-refractivity contribution in [1.29, 1.82) is 0 Å². The maximum Gasteiger partial charge on any atom is 0.270 e. The molecule has 3 heterocycles. The summed E-state index contributed by atoms with van der Waals surface area (Å²) in [6.07, 6.45) is 3.82. The lowest BCUT2D eigenvalue weighted by Gasteiger charge is -2.31. The second-order valence-electron chi connectivity index (χ2n) is 5.00. The van der Waals surface area contributed by atoms with E-state index in [2.05, 4.69) is 31.1 Å². The number of hydrogen-bond acceptors (Lipinski definition) is 7. The summed E-state index contributed by atoms with van der Waals surface area (Å²) in [7, 11) is 1.65. The summed E-state index contributed by atoms with van der Waals surface area (Å²) in [5.74, 6) is -0.211. The molecule has 0 aliphatic carbocycles. The SMILES string of the molecule is COC1CNCCC1NC(=O)c1ccc(-n2cnnn2)cn1. The first-order valence-corrected chi connectivity index (χ1v) is 7.01. The van der Waals surface area contributed by atoms with Gasteiger partial charge in [-0.2, -0.15) is 4.68 Å². The Balaban J connectivity index is 1.67. The van der Waals surface area contributed by atoms with Gasteiger partial charge in [-0.25, -0.2) is 4.98 Å². The smallest absolute Gasteiger partial charge is 0.270 e. The lowest BCUT2D eigenvalue weighted by atomic mass is 10.0. The summed E-state index contributed by atoms with van der Waals surface area (Å²) >= 11 is 0. The number of rotatable bonds is 4. The van der Waals surface area contributed by atoms with Crippen molar-refractivity contribution in [2.75, 3.05) is 20.2 Å². The van der Waals surface area contributed by atoms with Gasteiger partial charge < -0.3 is 15.4 Å². The number of piperidine rings is 1. The fraction of sp³-hybridized carbons (Fsp3) is 0.462. The van der Waals surface area contributed by atoms with Crippen molar-refractivity contribution < 1.29 is 9.53 Å². The van der Waals surface area contributed by atoms with E-state index in [4.69, 9.17) is 4.74 Å². The summed E-state index contributed by atoms with van der Waals surface area (Å²) in [5.41, 5.74) is 1.04. The second-order valence-corrected chi connectivity index (χ2v) is 5.00. The van der Waals surface area contributed by atoms with E-state index in [-0.39, 0.29) is 18.1 Å². The van der Waals surface area contributed by atoms with Crippen LogP contribution in [0.3, 0.4) is 0 Å². The Morgan fingerprint density at radius 2 is 2.41 bits per heavy atom. The van der Waals surface area contributed by atoms with E-state index in [9.17, 15) is 4.79 Å². The molecule has 22 heavy (non-hydrogen) atoms. The Labute approximate surface area is 127 Å². The van der Waals surface area contributed by atoms with Crippen molar-refractivity contribution in [3.05, 3.63) is 30.4 Å². The van der Waals surface area contributed by atoms with Crippen molar-refractivity contribution >= 4 is 5.91 Å². The van der Waals surface area contributed by atoms with Crippen molar-refractivity contribution in [3.8, 4) is 5.69 Å². The topological polar surface area (TPSA) is 107 Å². The van der Waals surface area contributed by atoms with E-state index >= 15 is 0 Å². The minimum Gasteiger partial charge on any atom is -0.378 e. The molecule has 1 fully saturated rings. The van der Waals surface area contributed by atoms with Crippen LogP contribution in [0.15, 0.2) is 24.7 Å². The van der Waals surface area contributed by atoms with E-state index in [0.29, 0.717) is 11.4 Å². The fourth-order valence-electron chi connectivity index (χ4n) is 2.42. The van der Waals surface area contributed by atoms with Crippen LogP contribution < -0.4 is 10.6 Å². The molecule has 2 N–H and O–H groups in total. The summed E-state index contributed by atoms with van der Waals surface area (Å²) in [4.78, 5) is 16.4. The molecule has 0 bridgehead atoms. The molecule has 2 atom stereocenters. The van der Waals surface area contributed by atoms with Gasteiger partial charge in [0.2, 0.25) is 0 Å². The van der Waals surface area contributed by atoms with Crippen molar-refractivity contribution in [2.24, 2.45) is 0 Å². The number of tetrazole rings is 1. The predicted octanol–water partition coefficient (Wildman–Crippen LogP) is -0.836. The van der Waals surface area contributed by atoms with Crippen molar-refractivity contribution in [3.63, 3.8) is 0 Å². The van der Waals surface area contributed by atoms with Crippen molar-refractivity contribution in [2.45, 2.75) is 18.6 Å². The molecule has 0 radical (unpaired) electrons. The van der Waals surface area contributed by atoms with Gasteiger partial charge in [-0.1, -0.05) is 0 Å². The fourth-order valence-corrected chi connectivity index (χ4v) is 2.42. The Morgan fingerprint density at radius 1 is 1.50 bits per heavy atom. The van der Waals surface area contributed by atoms with Gasteiger partial charge in [-0.05, 0) is 35.5 Å². The average molecular weight is 303 g/mol. The van der Waals surface area contributed by atoms with Crippen molar-refractivity contribution in [1.82, 2.24) is 35.8 Å². The molecule has 2 aromatic rings. The summed E-state index contributed by atoms with van der Waals surface area (Å²) in [6.45, 7) is 1.59. The monoisotopic (exact) mass is 303 g/mol. The third-order valence-corrected chi connectivity index (χ3v) is 3.64. The highest BCUT2D eigenvalue weighted by atomic mass is 16.5. The average Bonchev–Trinajstić information content (AvgIpc) is 3.10. The molecule has 1 saturated heterocycles.